The van der Waals surface area contributed by atoms with Gasteiger partial charge < -0.3 is 5.32 Å². The van der Waals surface area contributed by atoms with Crippen molar-refractivity contribution in [2.24, 2.45) is 5.92 Å². The van der Waals surface area contributed by atoms with E-state index >= 15 is 0 Å². The highest BCUT2D eigenvalue weighted by Gasteiger charge is 2.14. The SMILES string of the molecule is CCNC(CC(C)C)c1cc(C)ccc1C. The molecule has 1 N–H and O–H groups in total. The second-order valence-electron chi connectivity index (χ2n) is 5.10. The van der Waals surface area contributed by atoms with E-state index in [2.05, 4.69) is 58.1 Å². The summed E-state index contributed by atoms with van der Waals surface area (Å²) in [7, 11) is 0. The highest BCUT2D eigenvalue weighted by molar-refractivity contribution is 5.33. The van der Waals surface area contributed by atoms with E-state index in [1.807, 2.05) is 0 Å². The summed E-state index contributed by atoms with van der Waals surface area (Å²) >= 11 is 0. The monoisotopic (exact) mass is 219 g/mol. The molecule has 0 saturated carbocycles. The molecule has 0 radical (unpaired) electrons. The number of hydrogen-bond donors (Lipinski definition) is 1. The Hall–Kier alpha value is -0.820. The van der Waals surface area contributed by atoms with Crippen LogP contribution in [0.3, 0.4) is 0 Å². The van der Waals surface area contributed by atoms with Crippen molar-refractivity contribution in [2.45, 2.75) is 47.1 Å². The number of aryl methyl sites for hydroxylation is 2. The smallest absolute Gasteiger partial charge is 0.0325 e. The van der Waals surface area contributed by atoms with Crippen LogP contribution in [0.2, 0.25) is 0 Å². The Bertz CT molecular complexity index is 328. The summed E-state index contributed by atoms with van der Waals surface area (Å²) in [5, 5.41) is 3.60. The first-order valence-electron chi connectivity index (χ1n) is 6.35. The first-order valence-corrected chi connectivity index (χ1v) is 6.35. The average Bonchev–Trinajstić information content (AvgIpc) is 2.20. The zero-order valence-corrected chi connectivity index (χ0v) is 11.3. The van der Waals surface area contributed by atoms with E-state index in [4.69, 9.17) is 0 Å². The molecule has 16 heavy (non-hydrogen) atoms. The molecule has 0 aliphatic heterocycles. The summed E-state index contributed by atoms with van der Waals surface area (Å²) in [6, 6.07) is 7.25. The second-order valence-corrected chi connectivity index (χ2v) is 5.10. The van der Waals surface area contributed by atoms with Crippen molar-refractivity contribution in [1.29, 1.82) is 0 Å². The lowest BCUT2D eigenvalue weighted by Crippen LogP contribution is -2.23. The highest BCUT2D eigenvalue weighted by atomic mass is 14.9. The van der Waals surface area contributed by atoms with Crippen molar-refractivity contribution < 1.29 is 0 Å². The molecule has 0 aliphatic rings. The van der Waals surface area contributed by atoms with Gasteiger partial charge in [-0.2, -0.15) is 0 Å². The van der Waals surface area contributed by atoms with Crippen molar-refractivity contribution >= 4 is 0 Å². The Morgan fingerprint density at radius 3 is 2.44 bits per heavy atom. The largest absolute Gasteiger partial charge is 0.310 e. The molecule has 1 heteroatoms. The van der Waals surface area contributed by atoms with Gasteiger partial charge in [0.25, 0.3) is 0 Å². The van der Waals surface area contributed by atoms with Crippen molar-refractivity contribution in [2.75, 3.05) is 6.54 Å². The molecule has 1 atom stereocenters. The Labute approximate surface area is 100 Å². The van der Waals surface area contributed by atoms with E-state index in [0.717, 1.165) is 12.5 Å². The molecule has 1 unspecified atom stereocenters. The van der Waals surface area contributed by atoms with Crippen LogP contribution >= 0.6 is 0 Å². The van der Waals surface area contributed by atoms with E-state index in [0.29, 0.717) is 6.04 Å². The van der Waals surface area contributed by atoms with Crippen LogP contribution in [-0.4, -0.2) is 6.54 Å². The maximum absolute atomic E-state index is 3.60. The summed E-state index contributed by atoms with van der Waals surface area (Å²) in [5.74, 6) is 0.726. The average molecular weight is 219 g/mol. The van der Waals surface area contributed by atoms with Crippen molar-refractivity contribution in [3.63, 3.8) is 0 Å². The molecule has 0 heterocycles. The minimum atomic E-state index is 0.505. The first kappa shape index (κ1) is 13.2. The zero-order valence-electron chi connectivity index (χ0n) is 11.3. The molecule has 0 fully saturated rings. The van der Waals surface area contributed by atoms with Gasteiger partial charge in [0.2, 0.25) is 0 Å². The standard InChI is InChI=1S/C15H25N/c1-6-16-15(9-11(2)3)14-10-12(4)7-8-13(14)5/h7-8,10-11,15-16H,6,9H2,1-5H3. The van der Waals surface area contributed by atoms with Crippen LogP contribution in [0.25, 0.3) is 0 Å². The molecule has 0 aromatic heterocycles. The molecule has 1 aromatic rings. The third-order valence-corrected chi connectivity index (χ3v) is 2.97. The van der Waals surface area contributed by atoms with Gasteiger partial charge in [-0.3, -0.25) is 0 Å². The number of nitrogens with one attached hydrogen (secondary N) is 1. The summed E-state index contributed by atoms with van der Waals surface area (Å²) in [6.45, 7) is 12.2. The Morgan fingerprint density at radius 2 is 1.88 bits per heavy atom. The van der Waals surface area contributed by atoms with Crippen LogP contribution < -0.4 is 5.32 Å². The summed E-state index contributed by atoms with van der Waals surface area (Å²) in [4.78, 5) is 0. The maximum atomic E-state index is 3.60. The summed E-state index contributed by atoms with van der Waals surface area (Å²) in [5.41, 5.74) is 4.22. The van der Waals surface area contributed by atoms with Gasteiger partial charge in [-0.25, -0.2) is 0 Å². The van der Waals surface area contributed by atoms with Crippen LogP contribution in [0.5, 0.6) is 0 Å². The van der Waals surface area contributed by atoms with E-state index in [9.17, 15) is 0 Å². The van der Waals surface area contributed by atoms with Gasteiger partial charge in [-0.1, -0.05) is 44.5 Å². The first-order chi connectivity index (χ1) is 7.54. The number of benzene rings is 1. The lowest BCUT2D eigenvalue weighted by molar-refractivity contribution is 0.437. The Morgan fingerprint density at radius 1 is 1.19 bits per heavy atom. The fraction of sp³-hybridized carbons (Fsp3) is 0.600. The van der Waals surface area contributed by atoms with Crippen LogP contribution in [-0.2, 0) is 0 Å². The van der Waals surface area contributed by atoms with Gasteiger partial charge in [0.15, 0.2) is 0 Å². The van der Waals surface area contributed by atoms with Gasteiger partial charge in [-0.15, -0.1) is 0 Å². The molecule has 0 saturated heterocycles. The van der Waals surface area contributed by atoms with Gasteiger partial charge in [-0.05, 0) is 43.9 Å². The van der Waals surface area contributed by atoms with Gasteiger partial charge in [0.05, 0.1) is 0 Å². The van der Waals surface area contributed by atoms with Crippen LogP contribution in [0, 0.1) is 19.8 Å². The molecule has 0 aliphatic carbocycles. The highest BCUT2D eigenvalue weighted by Crippen LogP contribution is 2.25. The molecule has 1 rings (SSSR count). The van der Waals surface area contributed by atoms with Crippen molar-refractivity contribution in [3.8, 4) is 0 Å². The van der Waals surface area contributed by atoms with Crippen LogP contribution in [0.4, 0.5) is 0 Å². The predicted molar refractivity (Wildman–Crippen MR) is 71.8 cm³/mol. The fourth-order valence-electron chi connectivity index (χ4n) is 2.17. The quantitative estimate of drug-likeness (QED) is 0.789. The molecule has 0 spiro atoms. The Balaban J connectivity index is 2.94. The van der Waals surface area contributed by atoms with Crippen LogP contribution in [0.15, 0.2) is 18.2 Å². The maximum Gasteiger partial charge on any atom is 0.0325 e. The van der Waals surface area contributed by atoms with Gasteiger partial charge in [0.1, 0.15) is 0 Å². The third kappa shape index (κ3) is 3.64. The van der Waals surface area contributed by atoms with E-state index in [-0.39, 0.29) is 0 Å². The topological polar surface area (TPSA) is 12.0 Å². The predicted octanol–water partition coefficient (Wildman–Crippen LogP) is 4.00. The molecule has 0 bridgehead atoms. The zero-order chi connectivity index (χ0) is 12.1. The number of hydrogen-bond acceptors (Lipinski definition) is 1. The van der Waals surface area contributed by atoms with Gasteiger partial charge in [0, 0.05) is 6.04 Å². The summed E-state index contributed by atoms with van der Waals surface area (Å²) in [6.07, 6.45) is 1.21. The molecule has 1 aromatic carbocycles. The lowest BCUT2D eigenvalue weighted by Gasteiger charge is -2.22. The van der Waals surface area contributed by atoms with Crippen molar-refractivity contribution in [3.05, 3.63) is 34.9 Å². The minimum absolute atomic E-state index is 0.505. The molecular weight excluding hydrogens is 194 g/mol. The third-order valence-electron chi connectivity index (χ3n) is 2.97. The minimum Gasteiger partial charge on any atom is -0.310 e. The van der Waals surface area contributed by atoms with E-state index < -0.39 is 0 Å². The van der Waals surface area contributed by atoms with E-state index in [1.165, 1.54) is 23.1 Å². The lowest BCUT2D eigenvalue weighted by atomic mass is 9.92. The fourth-order valence-corrected chi connectivity index (χ4v) is 2.17. The Kier molecular flexibility index (Phi) is 5.01. The molecule has 1 nitrogen and oxygen atoms in total. The number of rotatable bonds is 5. The normalized spacial score (nSPS) is 13.1. The van der Waals surface area contributed by atoms with Gasteiger partial charge >= 0.3 is 0 Å². The molecular formula is C15H25N. The van der Waals surface area contributed by atoms with Crippen LogP contribution in [0.1, 0.15) is 49.9 Å². The second kappa shape index (κ2) is 6.05. The van der Waals surface area contributed by atoms with E-state index in [1.54, 1.807) is 0 Å². The summed E-state index contributed by atoms with van der Waals surface area (Å²) < 4.78 is 0. The van der Waals surface area contributed by atoms with Crippen molar-refractivity contribution in [1.82, 2.24) is 5.32 Å². The molecule has 0 amide bonds. The molecule has 90 valence electrons.